The number of aryl methyl sites for hydroxylation is 1. The van der Waals surface area contributed by atoms with Gasteiger partial charge < -0.3 is 9.88 Å². The summed E-state index contributed by atoms with van der Waals surface area (Å²) in [5.41, 5.74) is 3.54. The smallest absolute Gasteiger partial charge is 0.242 e. The van der Waals surface area contributed by atoms with Crippen molar-refractivity contribution in [3.8, 4) is 0 Å². The zero-order valence-electron chi connectivity index (χ0n) is 20.5. The molecule has 9 heteroatoms. The molecule has 0 unspecified atom stereocenters. The number of sulfonamides is 1. The van der Waals surface area contributed by atoms with Gasteiger partial charge >= 0.3 is 0 Å². The van der Waals surface area contributed by atoms with Gasteiger partial charge in [0, 0.05) is 39.1 Å². The number of fused-ring (bicyclic) bond motifs is 3. The van der Waals surface area contributed by atoms with Crippen LogP contribution in [0.25, 0.3) is 21.8 Å². The first kappa shape index (κ1) is 26.3. The Hall–Kier alpha value is -3.36. The largest absolute Gasteiger partial charge is 0.341 e. The van der Waals surface area contributed by atoms with Crippen LogP contribution in [0.1, 0.15) is 12.5 Å². The van der Waals surface area contributed by atoms with E-state index in [1.54, 1.807) is 0 Å². The van der Waals surface area contributed by atoms with E-state index in [2.05, 4.69) is 33.7 Å². The number of carbonyl (C=O) groups excluding carboxylic acids is 1. The fourth-order valence-corrected chi connectivity index (χ4v) is 6.63. The van der Waals surface area contributed by atoms with E-state index >= 15 is 0 Å². The Labute approximate surface area is 231 Å². The molecule has 1 aromatic heterocycles. The maximum absolute atomic E-state index is 13.5. The predicted molar refractivity (Wildman–Crippen MR) is 154 cm³/mol. The monoisotopic (exact) mass is 565 g/mol. The highest BCUT2D eigenvalue weighted by molar-refractivity contribution is 7.89. The SMILES string of the molecule is CCn1c2ccccc2c2cc(NC(=O)[C@@H](Cc3ccccc3)NS(=O)(=O)c3cc(Cl)ccc3Cl)ccc21. The molecule has 194 valence electrons. The van der Waals surface area contributed by atoms with Crippen LogP contribution in [0.2, 0.25) is 10.0 Å². The Morgan fingerprint density at radius 3 is 2.34 bits per heavy atom. The van der Waals surface area contributed by atoms with Gasteiger partial charge in [0.1, 0.15) is 10.9 Å². The lowest BCUT2D eigenvalue weighted by atomic mass is 10.1. The highest BCUT2D eigenvalue weighted by Gasteiger charge is 2.28. The Morgan fingerprint density at radius 1 is 0.868 bits per heavy atom. The first-order chi connectivity index (χ1) is 18.3. The van der Waals surface area contributed by atoms with Crippen molar-refractivity contribution in [2.75, 3.05) is 5.32 Å². The molecule has 2 N–H and O–H groups in total. The normalized spacial score (nSPS) is 12.6. The van der Waals surface area contributed by atoms with Gasteiger partial charge in [-0.3, -0.25) is 4.79 Å². The van der Waals surface area contributed by atoms with E-state index in [0.717, 1.165) is 33.9 Å². The van der Waals surface area contributed by atoms with E-state index in [4.69, 9.17) is 23.2 Å². The summed E-state index contributed by atoms with van der Waals surface area (Å²) in [5.74, 6) is -0.492. The lowest BCUT2D eigenvalue weighted by molar-refractivity contribution is -0.117. The van der Waals surface area contributed by atoms with E-state index in [1.807, 2.05) is 60.7 Å². The van der Waals surface area contributed by atoms with E-state index in [0.29, 0.717) is 5.69 Å². The molecule has 1 heterocycles. The molecule has 5 rings (SSSR count). The third-order valence-electron chi connectivity index (χ3n) is 6.44. The molecule has 0 radical (unpaired) electrons. The first-order valence-electron chi connectivity index (χ1n) is 12.1. The summed E-state index contributed by atoms with van der Waals surface area (Å²) in [4.78, 5) is 13.3. The van der Waals surface area contributed by atoms with Crippen molar-refractivity contribution in [3.63, 3.8) is 0 Å². The number of para-hydroxylation sites is 1. The van der Waals surface area contributed by atoms with Crippen molar-refractivity contribution in [2.45, 2.75) is 30.8 Å². The van der Waals surface area contributed by atoms with Crippen molar-refractivity contribution in [1.82, 2.24) is 9.29 Å². The number of rotatable bonds is 8. The molecule has 0 saturated carbocycles. The summed E-state index contributed by atoms with van der Waals surface area (Å²) in [6.07, 6.45) is 0.140. The van der Waals surface area contributed by atoms with Gasteiger partial charge in [-0.2, -0.15) is 4.72 Å². The van der Waals surface area contributed by atoms with Gasteiger partial charge in [0.2, 0.25) is 15.9 Å². The van der Waals surface area contributed by atoms with Gasteiger partial charge in [0.05, 0.1) is 5.02 Å². The molecule has 0 aliphatic rings. The zero-order valence-corrected chi connectivity index (χ0v) is 22.8. The molecule has 38 heavy (non-hydrogen) atoms. The van der Waals surface area contributed by atoms with Crippen LogP contribution in [0.5, 0.6) is 0 Å². The number of halogens is 2. The quantitative estimate of drug-likeness (QED) is 0.221. The van der Waals surface area contributed by atoms with E-state index < -0.39 is 22.0 Å². The van der Waals surface area contributed by atoms with Gasteiger partial charge in [0.15, 0.2) is 0 Å². The molecule has 0 bridgehead atoms. The molecule has 6 nitrogen and oxygen atoms in total. The van der Waals surface area contributed by atoms with E-state index in [9.17, 15) is 13.2 Å². The second-order valence-electron chi connectivity index (χ2n) is 8.92. The number of hydrogen-bond donors (Lipinski definition) is 2. The van der Waals surface area contributed by atoms with E-state index in [1.165, 1.54) is 18.2 Å². The summed E-state index contributed by atoms with van der Waals surface area (Å²) < 4.78 is 31.3. The second-order valence-corrected chi connectivity index (χ2v) is 11.4. The molecule has 0 aliphatic carbocycles. The topological polar surface area (TPSA) is 80.2 Å². The third kappa shape index (κ3) is 5.28. The fraction of sp³-hybridized carbons (Fsp3) is 0.138. The fourth-order valence-electron chi connectivity index (χ4n) is 4.67. The number of nitrogens with one attached hydrogen (secondary N) is 2. The number of hydrogen-bond acceptors (Lipinski definition) is 3. The van der Waals surface area contributed by atoms with Gasteiger partial charge in [-0.05, 0) is 61.4 Å². The van der Waals surface area contributed by atoms with Crippen molar-refractivity contribution in [3.05, 3.63) is 107 Å². The van der Waals surface area contributed by atoms with Crippen LogP contribution in [0, 0.1) is 0 Å². The highest BCUT2D eigenvalue weighted by Crippen LogP contribution is 2.31. The third-order valence-corrected chi connectivity index (χ3v) is 8.62. The number of anilines is 1. The number of benzene rings is 4. The average Bonchev–Trinajstić information content (AvgIpc) is 3.23. The second kappa shape index (κ2) is 10.8. The Bertz CT molecular complexity index is 1750. The van der Waals surface area contributed by atoms with Crippen LogP contribution in [-0.4, -0.2) is 24.9 Å². The van der Waals surface area contributed by atoms with Crippen molar-refractivity contribution < 1.29 is 13.2 Å². The standard InChI is InChI=1S/C29H25Cl2N3O3S/c1-2-34-26-11-7-6-10-22(26)23-18-21(13-15-27(23)34)32-29(35)25(16-19-8-4-3-5-9-19)33-38(36,37)28-17-20(30)12-14-24(28)31/h3-15,17-18,25,33H,2,16H2,1H3,(H,32,35)/t25-/m1/s1. The molecule has 0 aliphatic heterocycles. The molecular weight excluding hydrogens is 541 g/mol. The molecule has 0 spiro atoms. The molecule has 0 saturated heterocycles. The molecule has 0 fully saturated rings. The Kier molecular flexibility index (Phi) is 7.45. The van der Waals surface area contributed by atoms with Gasteiger partial charge in [-0.1, -0.05) is 71.7 Å². The number of nitrogens with zero attached hydrogens (tertiary/aromatic N) is 1. The minimum absolute atomic E-state index is 0.0125. The number of amides is 1. The van der Waals surface area contributed by atoms with Gasteiger partial charge in [-0.15, -0.1) is 0 Å². The number of carbonyl (C=O) groups is 1. The van der Waals surface area contributed by atoms with E-state index in [-0.39, 0.29) is 21.4 Å². The lowest BCUT2D eigenvalue weighted by Crippen LogP contribution is -2.45. The van der Waals surface area contributed by atoms with Crippen LogP contribution < -0.4 is 10.0 Å². The summed E-state index contributed by atoms with van der Waals surface area (Å²) in [6.45, 7) is 2.90. The maximum Gasteiger partial charge on any atom is 0.242 e. The Balaban J connectivity index is 1.48. The summed E-state index contributed by atoms with van der Waals surface area (Å²) in [5, 5.41) is 5.23. The summed E-state index contributed by atoms with van der Waals surface area (Å²) in [7, 11) is -4.16. The zero-order chi connectivity index (χ0) is 26.9. The lowest BCUT2D eigenvalue weighted by Gasteiger charge is -2.19. The molecule has 1 amide bonds. The van der Waals surface area contributed by atoms with Gasteiger partial charge in [0.25, 0.3) is 0 Å². The highest BCUT2D eigenvalue weighted by atomic mass is 35.5. The molecular formula is C29H25Cl2N3O3S. The average molecular weight is 567 g/mol. The summed E-state index contributed by atoms with van der Waals surface area (Å²) >= 11 is 12.2. The van der Waals surface area contributed by atoms with Crippen LogP contribution in [0.15, 0.2) is 95.9 Å². The molecule has 1 atom stereocenters. The van der Waals surface area contributed by atoms with Crippen LogP contribution in [0.4, 0.5) is 5.69 Å². The molecule has 5 aromatic rings. The van der Waals surface area contributed by atoms with Crippen molar-refractivity contribution >= 4 is 66.6 Å². The van der Waals surface area contributed by atoms with Crippen molar-refractivity contribution in [1.29, 1.82) is 0 Å². The first-order valence-corrected chi connectivity index (χ1v) is 14.3. The Morgan fingerprint density at radius 2 is 1.58 bits per heavy atom. The summed E-state index contributed by atoms with van der Waals surface area (Å²) in [6, 6.07) is 26.1. The minimum Gasteiger partial charge on any atom is -0.341 e. The van der Waals surface area contributed by atoms with Crippen LogP contribution in [0.3, 0.4) is 0 Å². The molecule has 4 aromatic carbocycles. The maximum atomic E-state index is 13.5. The number of aromatic nitrogens is 1. The van der Waals surface area contributed by atoms with Crippen molar-refractivity contribution in [2.24, 2.45) is 0 Å². The predicted octanol–water partition coefficient (Wildman–Crippen LogP) is 6.65. The van der Waals surface area contributed by atoms with Gasteiger partial charge in [-0.25, -0.2) is 8.42 Å². The van der Waals surface area contributed by atoms with Crippen LogP contribution in [-0.2, 0) is 27.8 Å². The van der Waals surface area contributed by atoms with Crippen LogP contribution >= 0.6 is 23.2 Å². The minimum atomic E-state index is -4.16.